The Hall–Kier alpha value is -4.50. The van der Waals surface area contributed by atoms with Crippen LogP contribution in [0.4, 0.5) is 0 Å². The Labute approximate surface area is 385 Å². The van der Waals surface area contributed by atoms with Gasteiger partial charge in [0.05, 0.1) is 22.0 Å². The molecule has 14 nitrogen and oxygen atoms in total. The highest BCUT2D eigenvalue weighted by atomic mass is 35.7. The fourth-order valence-electron chi connectivity index (χ4n) is 7.06. The Morgan fingerprint density at radius 2 is 1.08 bits per heavy atom. The van der Waals surface area contributed by atoms with Crippen molar-refractivity contribution in [3.63, 3.8) is 0 Å². The van der Waals surface area contributed by atoms with Gasteiger partial charge in [-0.1, -0.05) is 117 Å². The van der Waals surface area contributed by atoms with Crippen molar-refractivity contribution in [2.45, 2.75) is 32.7 Å². The molecule has 0 saturated carbocycles. The van der Waals surface area contributed by atoms with Gasteiger partial charge in [-0.15, -0.1) is 4.90 Å². The summed E-state index contributed by atoms with van der Waals surface area (Å²) in [6.07, 6.45) is 2.51. The number of hydrogen-bond acceptors (Lipinski definition) is 11. The van der Waals surface area contributed by atoms with Crippen LogP contribution in [0.5, 0.6) is 17.2 Å². The van der Waals surface area contributed by atoms with Gasteiger partial charge in [-0.2, -0.15) is 0 Å². The second-order valence-corrected chi connectivity index (χ2v) is 21.7. The van der Waals surface area contributed by atoms with Gasteiger partial charge in [0, 0.05) is 39.9 Å². The first-order chi connectivity index (χ1) is 31.2. The maximum absolute atomic E-state index is 13.6. The molecule has 1 saturated heterocycles. The number of rotatable bonds is 4. The van der Waals surface area contributed by atoms with Crippen LogP contribution in [0, 0.1) is 0 Å². The van der Waals surface area contributed by atoms with Crippen LogP contribution in [-0.2, 0) is 27.6 Å². The summed E-state index contributed by atoms with van der Waals surface area (Å²) in [5, 5.41) is 7.48. The number of benzene rings is 6. The van der Waals surface area contributed by atoms with Gasteiger partial charge in [0.1, 0.15) is 17.2 Å². The summed E-state index contributed by atoms with van der Waals surface area (Å²) in [6.45, 7) is -2.57. The molecule has 6 aromatic carbocycles. The lowest BCUT2D eigenvalue weighted by atomic mass is 10.0. The Morgan fingerprint density at radius 3 is 1.59 bits per heavy atom. The molecule has 0 aliphatic carbocycles. The summed E-state index contributed by atoms with van der Waals surface area (Å²) in [4.78, 5) is 28.5. The van der Waals surface area contributed by atoms with E-state index in [1.165, 1.54) is 0 Å². The van der Waals surface area contributed by atoms with E-state index in [-0.39, 0.29) is 13.3 Å². The minimum Gasteiger partial charge on any atom is -0.429 e. The van der Waals surface area contributed by atoms with Gasteiger partial charge in [0.2, 0.25) is 18.6 Å². The van der Waals surface area contributed by atoms with Gasteiger partial charge in [0.15, 0.2) is 0 Å². The second-order valence-electron chi connectivity index (χ2n) is 13.6. The lowest BCUT2D eigenvalue weighted by molar-refractivity contribution is -0.122. The van der Waals surface area contributed by atoms with Gasteiger partial charge in [-0.3, -0.25) is 13.9 Å². The Morgan fingerprint density at radius 1 is 0.672 bits per heavy atom. The molecule has 4 heterocycles. The molecule has 0 spiro atoms. The first-order valence-corrected chi connectivity index (χ1v) is 27.4. The number of carbonyl (C=O) groups is 1. The third kappa shape index (κ3) is 12.0. The van der Waals surface area contributed by atoms with Crippen LogP contribution < -0.4 is 39.9 Å². The van der Waals surface area contributed by atoms with Crippen molar-refractivity contribution in [3.8, 4) is 50.6 Å². The molecular formula is C43H42Cl2N2O12P5+. The van der Waals surface area contributed by atoms with Gasteiger partial charge >= 0.3 is 37.9 Å². The Kier molecular flexibility index (Phi) is 16.8. The van der Waals surface area contributed by atoms with E-state index in [4.69, 9.17) is 32.2 Å². The van der Waals surface area contributed by atoms with Crippen LogP contribution in [0.1, 0.15) is 26.7 Å². The number of para-hydroxylation sites is 3. The summed E-state index contributed by atoms with van der Waals surface area (Å²) in [5.41, 5.74) is 5.28. The Bertz CT molecular complexity index is 2740. The molecule has 1 amide bonds. The molecule has 4 aliphatic heterocycles. The van der Waals surface area contributed by atoms with E-state index in [2.05, 4.69) is 31.4 Å². The van der Waals surface area contributed by atoms with Crippen molar-refractivity contribution in [1.29, 1.82) is 2.86 Å². The van der Waals surface area contributed by atoms with Crippen LogP contribution in [0.25, 0.3) is 33.4 Å². The van der Waals surface area contributed by atoms with Crippen molar-refractivity contribution < 1.29 is 55.9 Å². The zero-order valence-electron chi connectivity index (χ0n) is 34.7. The molecule has 5 unspecified atom stereocenters. The topological polar surface area (TPSA) is 215 Å². The Balaban J connectivity index is 0.000000172. The normalized spacial score (nSPS) is 22.0. The maximum Gasteiger partial charge on any atom is 0.631 e. The van der Waals surface area contributed by atoms with Crippen molar-refractivity contribution in [2.75, 3.05) is 6.54 Å². The number of amides is 1. The summed E-state index contributed by atoms with van der Waals surface area (Å²) in [5.74, 6) is 1.52. The zero-order chi connectivity index (χ0) is 46.6. The quantitative estimate of drug-likeness (QED) is 0.104. The number of nitrogens with one attached hydrogen (secondary N) is 2. The number of carbonyl (C=O) groups excluding carboxylic acids is 1. The molecule has 4 aliphatic rings. The minimum absolute atomic E-state index is 0. The zero-order valence-corrected chi connectivity index (χ0v) is 38.7. The van der Waals surface area contributed by atoms with Crippen LogP contribution in [-0.4, -0.2) is 36.0 Å². The van der Waals surface area contributed by atoms with E-state index in [0.29, 0.717) is 46.1 Å². The first-order valence-electron chi connectivity index (χ1n) is 19.7. The van der Waals surface area contributed by atoms with Crippen molar-refractivity contribution >= 4 is 82.2 Å². The number of fused-ring (bicyclic) bond motifs is 9. The van der Waals surface area contributed by atoms with Crippen LogP contribution in [0.15, 0.2) is 146 Å². The number of hydrogen-bond donors (Lipinski definition) is 5. The molecule has 21 heteroatoms. The third-order valence-corrected chi connectivity index (χ3v) is 15.4. The summed E-state index contributed by atoms with van der Waals surface area (Å²) >= 11 is 10.5. The molecule has 334 valence electrons. The fraction of sp³-hybridized carbons (Fsp3) is 0.140. The van der Waals surface area contributed by atoms with Crippen molar-refractivity contribution in [2.24, 2.45) is 0 Å². The van der Waals surface area contributed by atoms with Gasteiger partial charge in [-0.25, -0.2) is 14.2 Å². The van der Waals surface area contributed by atoms with Gasteiger partial charge in [-0.05, 0) is 71.5 Å². The third-order valence-electron chi connectivity index (χ3n) is 9.68. The fourth-order valence-corrected chi connectivity index (χ4v) is 12.5. The van der Waals surface area contributed by atoms with Crippen LogP contribution >= 0.6 is 60.4 Å². The van der Waals surface area contributed by atoms with E-state index in [1.54, 1.807) is 36.4 Å². The summed E-state index contributed by atoms with van der Waals surface area (Å²) < 4.78 is 83.7. The highest BCUT2D eigenvalue weighted by Gasteiger charge is 2.40. The van der Waals surface area contributed by atoms with Gasteiger partial charge < -0.3 is 28.7 Å². The predicted molar refractivity (Wildman–Crippen MR) is 253 cm³/mol. The minimum atomic E-state index is -3.71. The summed E-state index contributed by atoms with van der Waals surface area (Å²) in [6, 6.07) is 43.7. The van der Waals surface area contributed by atoms with Gasteiger partial charge in [0.25, 0.3) is 1.43 Å². The van der Waals surface area contributed by atoms with Crippen LogP contribution in [0.3, 0.4) is 0 Å². The smallest absolute Gasteiger partial charge is 0.429 e. The van der Waals surface area contributed by atoms with E-state index >= 15 is 0 Å². The molecule has 5 atom stereocenters. The lowest BCUT2D eigenvalue weighted by Gasteiger charge is -2.31. The molecular weight excluding hydrogens is 962 g/mol. The van der Waals surface area contributed by atoms with E-state index in [1.807, 2.05) is 109 Å². The second kappa shape index (κ2) is 22.6. The monoisotopic (exact) mass is 1010 g/mol. The largest absolute Gasteiger partial charge is 0.631 e. The highest BCUT2D eigenvalue weighted by Crippen LogP contribution is 2.58. The van der Waals surface area contributed by atoms with Crippen LogP contribution in [0.2, 0.25) is 0 Å². The molecule has 0 aromatic heterocycles. The lowest BCUT2D eigenvalue weighted by Crippen LogP contribution is -2.44. The van der Waals surface area contributed by atoms with E-state index in [0.717, 1.165) is 46.2 Å². The molecule has 5 N–H and O–H groups in total. The first kappa shape index (κ1) is 47.5. The number of halogens is 2. The van der Waals surface area contributed by atoms with E-state index < -0.39 is 43.9 Å². The molecule has 0 bridgehead atoms. The standard InChI is InChI=1S/C18H19N2O3P.C12H8ClO2P.C12H9O3P.CH4.ClO2P.HO2P/c21-18-15(9-5-6-12-19-18)20-24(22)17-11-4-2-8-14(17)13-7-1-3-10-16(13)23-24;2*13-16(14)12-8-4-2-6-10(12)9-5-1-3-7-11(9)15-16;;1-4(2)3;1-3-2/h1-4,7-8,10-11,15H,5-6,9,12H2,(H,19,21)(H,20,22);1-8H;1-8H,(H,13,14);1H4;;(H,1,2)/p+1/i/hD2. The SMILES string of the molecule is C.O=C1NCCCCC1NP1(=O)Oc2ccccc2-c2ccccc21.O=P1(Cl)Oc2ccccc2-c2ccccc21.O=P1(O)Oc2ccccc2-c2ccccc21.[2H]OP=O.[2H]O[P+](=O)Cl. The molecule has 6 aromatic rings. The predicted octanol–water partition coefficient (Wildman–Crippen LogP) is 10.9. The average molecular weight is 1010 g/mol. The van der Waals surface area contributed by atoms with E-state index in [9.17, 15) is 27.9 Å². The maximum atomic E-state index is 13.6. The molecule has 0 radical (unpaired) electrons. The molecule has 64 heavy (non-hydrogen) atoms. The van der Waals surface area contributed by atoms with Crippen molar-refractivity contribution in [3.05, 3.63) is 146 Å². The highest BCUT2D eigenvalue weighted by molar-refractivity contribution is 7.91. The average Bonchev–Trinajstić information content (AvgIpc) is 3.52. The molecule has 1 fully saturated rings. The van der Waals surface area contributed by atoms with Crippen molar-refractivity contribution in [1.82, 2.24) is 10.4 Å². The summed E-state index contributed by atoms with van der Waals surface area (Å²) in [7, 11) is -9.87. The molecule has 10 rings (SSSR count).